The molecule has 18 heavy (non-hydrogen) atoms. The van der Waals surface area contributed by atoms with E-state index in [1.54, 1.807) is 18.3 Å². The lowest BCUT2D eigenvalue weighted by Crippen LogP contribution is -2.02. The molecular formula is C13H11FN4. The van der Waals surface area contributed by atoms with E-state index in [4.69, 9.17) is 0 Å². The molecule has 0 spiro atoms. The summed E-state index contributed by atoms with van der Waals surface area (Å²) in [5, 5.41) is 0. The molecule has 2 heterocycles. The molecule has 3 rings (SSSR count). The minimum absolute atomic E-state index is 0.277. The lowest BCUT2D eigenvalue weighted by Gasteiger charge is -2.06. The first kappa shape index (κ1) is 10.8. The van der Waals surface area contributed by atoms with Crippen molar-refractivity contribution in [1.29, 1.82) is 0 Å². The van der Waals surface area contributed by atoms with Crippen LogP contribution in [0.4, 0.5) is 4.39 Å². The number of fused-ring (bicyclic) bond motifs is 1. The highest BCUT2D eigenvalue weighted by Crippen LogP contribution is 2.21. The zero-order valence-electron chi connectivity index (χ0n) is 9.84. The summed E-state index contributed by atoms with van der Waals surface area (Å²) in [4.78, 5) is 12.6. The minimum atomic E-state index is -0.277. The standard InChI is InChI=1S/C13H11FN4/c1-2-12-17-10-4-3-9(14)7-11(10)18(12)13-5-6-15-8-16-13/h3-8H,2H2,1H3. The van der Waals surface area contributed by atoms with Gasteiger partial charge in [-0.25, -0.2) is 19.3 Å². The Hall–Kier alpha value is -2.30. The van der Waals surface area contributed by atoms with E-state index in [-0.39, 0.29) is 5.82 Å². The van der Waals surface area contributed by atoms with E-state index >= 15 is 0 Å². The summed E-state index contributed by atoms with van der Waals surface area (Å²) >= 11 is 0. The van der Waals surface area contributed by atoms with Crippen molar-refractivity contribution in [3.05, 3.63) is 48.4 Å². The van der Waals surface area contributed by atoms with Crippen LogP contribution in [0.25, 0.3) is 16.9 Å². The molecule has 0 radical (unpaired) electrons. The van der Waals surface area contributed by atoms with Crippen LogP contribution in [0, 0.1) is 5.82 Å². The third-order valence-electron chi connectivity index (χ3n) is 2.80. The molecule has 0 amide bonds. The maximum Gasteiger partial charge on any atom is 0.141 e. The van der Waals surface area contributed by atoms with E-state index < -0.39 is 0 Å². The molecule has 0 N–H and O–H groups in total. The van der Waals surface area contributed by atoms with Crippen LogP contribution >= 0.6 is 0 Å². The van der Waals surface area contributed by atoms with Crippen LogP contribution in [0.3, 0.4) is 0 Å². The SMILES string of the molecule is CCc1nc2ccc(F)cc2n1-c1ccncn1. The number of aromatic nitrogens is 4. The van der Waals surface area contributed by atoms with Crippen LogP contribution in [-0.2, 0) is 6.42 Å². The van der Waals surface area contributed by atoms with Crippen LogP contribution in [0.1, 0.15) is 12.7 Å². The molecule has 0 bridgehead atoms. The second kappa shape index (κ2) is 4.18. The van der Waals surface area contributed by atoms with Crippen molar-refractivity contribution < 1.29 is 4.39 Å². The third kappa shape index (κ3) is 1.64. The lowest BCUT2D eigenvalue weighted by atomic mass is 10.3. The first-order valence-corrected chi connectivity index (χ1v) is 5.73. The molecule has 0 unspecified atom stereocenters. The monoisotopic (exact) mass is 242 g/mol. The van der Waals surface area contributed by atoms with E-state index in [0.29, 0.717) is 5.82 Å². The van der Waals surface area contributed by atoms with Crippen molar-refractivity contribution in [2.45, 2.75) is 13.3 Å². The smallest absolute Gasteiger partial charge is 0.141 e. The Bertz CT molecular complexity index is 691. The summed E-state index contributed by atoms with van der Waals surface area (Å²) < 4.78 is 15.2. The summed E-state index contributed by atoms with van der Waals surface area (Å²) in [6.45, 7) is 2.01. The number of aryl methyl sites for hydroxylation is 1. The van der Waals surface area contributed by atoms with Gasteiger partial charge in [0.05, 0.1) is 11.0 Å². The van der Waals surface area contributed by atoms with Gasteiger partial charge in [0, 0.05) is 18.7 Å². The normalized spacial score (nSPS) is 11.0. The fraction of sp³-hybridized carbons (Fsp3) is 0.154. The second-order valence-electron chi connectivity index (χ2n) is 3.92. The van der Waals surface area contributed by atoms with Crippen LogP contribution in [0.2, 0.25) is 0 Å². The molecule has 0 atom stereocenters. The number of hydrogen-bond donors (Lipinski definition) is 0. The van der Waals surface area contributed by atoms with Gasteiger partial charge in [-0.15, -0.1) is 0 Å². The highest BCUT2D eigenvalue weighted by molar-refractivity contribution is 5.78. The highest BCUT2D eigenvalue weighted by Gasteiger charge is 2.12. The van der Waals surface area contributed by atoms with Crippen LogP contribution in [-0.4, -0.2) is 19.5 Å². The number of benzene rings is 1. The first-order valence-electron chi connectivity index (χ1n) is 5.73. The van der Waals surface area contributed by atoms with Gasteiger partial charge >= 0.3 is 0 Å². The molecule has 0 aliphatic rings. The molecule has 5 heteroatoms. The molecule has 0 saturated heterocycles. The van der Waals surface area contributed by atoms with Crippen molar-refractivity contribution >= 4 is 11.0 Å². The fourth-order valence-electron chi connectivity index (χ4n) is 2.01. The van der Waals surface area contributed by atoms with Crippen molar-refractivity contribution in [2.75, 3.05) is 0 Å². The highest BCUT2D eigenvalue weighted by atomic mass is 19.1. The Kier molecular flexibility index (Phi) is 2.51. The summed E-state index contributed by atoms with van der Waals surface area (Å²) in [7, 11) is 0. The molecule has 0 fully saturated rings. The molecule has 1 aromatic carbocycles. The molecule has 0 aliphatic carbocycles. The maximum absolute atomic E-state index is 13.4. The molecule has 3 aromatic rings. The summed E-state index contributed by atoms with van der Waals surface area (Å²) in [6, 6.07) is 6.36. The van der Waals surface area contributed by atoms with Crippen molar-refractivity contribution in [2.24, 2.45) is 0 Å². The van der Waals surface area contributed by atoms with Crippen LogP contribution in [0.15, 0.2) is 36.8 Å². The van der Waals surface area contributed by atoms with E-state index in [1.165, 1.54) is 18.5 Å². The quantitative estimate of drug-likeness (QED) is 0.693. The van der Waals surface area contributed by atoms with E-state index in [2.05, 4.69) is 15.0 Å². The van der Waals surface area contributed by atoms with Gasteiger partial charge < -0.3 is 0 Å². The topological polar surface area (TPSA) is 43.6 Å². The molecule has 0 aliphatic heterocycles. The Morgan fingerprint density at radius 1 is 1.28 bits per heavy atom. The van der Waals surface area contributed by atoms with Gasteiger partial charge in [0.1, 0.15) is 23.8 Å². The Morgan fingerprint density at radius 3 is 2.89 bits per heavy atom. The van der Waals surface area contributed by atoms with Crippen LogP contribution < -0.4 is 0 Å². The van der Waals surface area contributed by atoms with Gasteiger partial charge in [-0.05, 0) is 18.2 Å². The van der Waals surface area contributed by atoms with Gasteiger partial charge in [0.2, 0.25) is 0 Å². The zero-order valence-corrected chi connectivity index (χ0v) is 9.84. The average molecular weight is 242 g/mol. The summed E-state index contributed by atoms with van der Waals surface area (Å²) in [6.07, 6.45) is 3.88. The average Bonchev–Trinajstić information content (AvgIpc) is 2.77. The van der Waals surface area contributed by atoms with Gasteiger partial charge in [0.15, 0.2) is 0 Å². The predicted octanol–water partition coefficient (Wildman–Crippen LogP) is 2.52. The molecule has 90 valence electrons. The zero-order chi connectivity index (χ0) is 12.5. The second-order valence-corrected chi connectivity index (χ2v) is 3.92. The number of imidazole rings is 1. The van der Waals surface area contributed by atoms with E-state index in [9.17, 15) is 4.39 Å². The number of halogens is 1. The molecule has 0 saturated carbocycles. The van der Waals surface area contributed by atoms with Crippen LogP contribution in [0.5, 0.6) is 0 Å². The van der Waals surface area contributed by atoms with Crippen molar-refractivity contribution in [1.82, 2.24) is 19.5 Å². The number of hydrogen-bond acceptors (Lipinski definition) is 3. The van der Waals surface area contributed by atoms with E-state index in [1.807, 2.05) is 11.5 Å². The maximum atomic E-state index is 13.4. The first-order chi connectivity index (χ1) is 8.79. The third-order valence-corrected chi connectivity index (χ3v) is 2.80. The number of nitrogens with zero attached hydrogens (tertiary/aromatic N) is 4. The molecule has 4 nitrogen and oxygen atoms in total. The Labute approximate surface area is 103 Å². The van der Waals surface area contributed by atoms with Crippen molar-refractivity contribution in [3.63, 3.8) is 0 Å². The van der Waals surface area contributed by atoms with Crippen molar-refractivity contribution in [3.8, 4) is 5.82 Å². The van der Waals surface area contributed by atoms with Gasteiger partial charge in [-0.3, -0.25) is 4.57 Å². The summed E-state index contributed by atoms with van der Waals surface area (Å²) in [5.41, 5.74) is 1.50. The molecule has 2 aromatic heterocycles. The lowest BCUT2D eigenvalue weighted by molar-refractivity contribution is 0.629. The molecular weight excluding hydrogens is 231 g/mol. The van der Waals surface area contributed by atoms with Gasteiger partial charge in [-0.2, -0.15) is 0 Å². The van der Waals surface area contributed by atoms with Gasteiger partial charge in [0.25, 0.3) is 0 Å². The minimum Gasteiger partial charge on any atom is -0.280 e. The fourth-order valence-corrected chi connectivity index (χ4v) is 2.01. The van der Waals surface area contributed by atoms with Gasteiger partial charge in [-0.1, -0.05) is 6.92 Å². The van der Waals surface area contributed by atoms with E-state index in [0.717, 1.165) is 23.3 Å². The largest absolute Gasteiger partial charge is 0.280 e. The Morgan fingerprint density at radius 2 is 2.17 bits per heavy atom. The Balaban J connectivity index is 2.35. The number of rotatable bonds is 2. The predicted molar refractivity (Wildman–Crippen MR) is 66.0 cm³/mol. The summed E-state index contributed by atoms with van der Waals surface area (Å²) in [5.74, 6) is 1.28.